The van der Waals surface area contributed by atoms with Gasteiger partial charge in [0.15, 0.2) is 11.5 Å². The van der Waals surface area contributed by atoms with E-state index >= 15 is 0 Å². The van der Waals surface area contributed by atoms with E-state index in [1.165, 1.54) is 6.21 Å². The van der Waals surface area contributed by atoms with Crippen molar-refractivity contribution in [3.63, 3.8) is 0 Å². The van der Waals surface area contributed by atoms with E-state index in [-0.39, 0.29) is 11.5 Å². The minimum Gasteiger partial charge on any atom is -0.490 e. The van der Waals surface area contributed by atoms with Crippen molar-refractivity contribution in [2.75, 3.05) is 6.61 Å². The number of hydrogen-bond acceptors (Lipinski definition) is 4. The second-order valence-electron chi connectivity index (χ2n) is 4.81. The molecule has 1 heterocycles. The monoisotopic (exact) mass is 331 g/mol. The molecule has 3 rings (SSSR count). The Hall–Kier alpha value is -2.96. The summed E-state index contributed by atoms with van der Waals surface area (Å²) in [5, 5.41) is 4.28. The summed E-state index contributed by atoms with van der Waals surface area (Å²) in [6, 6.07) is 12.4. The molecule has 2 aromatic carbocycles. The molecule has 0 amide bonds. The lowest BCUT2D eigenvalue weighted by Crippen LogP contribution is -2.07. The average molecular weight is 331 g/mol. The molecule has 0 unspecified atom stereocenters. The molecule has 7 heteroatoms. The molecule has 3 aromatic rings. The first-order valence-corrected chi connectivity index (χ1v) is 7.36. The Morgan fingerprint density at radius 1 is 1.21 bits per heavy atom. The van der Waals surface area contributed by atoms with E-state index in [1.54, 1.807) is 36.1 Å². The van der Waals surface area contributed by atoms with E-state index in [4.69, 9.17) is 4.74 Å². The number of rotatable bonds is 6. The van der Waals surface area contributed by atoms with Crippen molar-refractivity contribution in [3.05, 3.63) is 54.4 Å². The third-order valence-electron chi connectivity index (χ3n) is 3.27. The van der Waals surface area contributed by atoms with Gasteiger partial charge in [-0.25, -0.2) is 9.66 Å². The van der Waals surface area contributed by atoms with Crippen LogP contribution in [0.2, 0.25) is 0 Å². The molecule has 5 nitrogen and oxygen atoms in total. The first kappa shape index (κ1) is 15.9. The largest absolute Gasteiger partial charge is 0.490 e. The van der Waals surface area contributed by atoms with Crippen LogP contribution >= 0.6 is 0 Å². The van der Waals surface area contributed by atoms with Crippen molar-refractivity contribution in [3.8, 4) is 11.5 Å². The summed E-state index contributed by atoms with van der Waals surface area (Å²) in [5.74, 6) is 0.208. The fourth-order valence-corrected chi connectivity index (χ4v) is 2.28. The molecule has 24 heavy (non-hydrogen) atoms. The van der Waals surface area contributed by atoms with Crippen molar-refractivity contribution in [2.24, 2.45) is 5.10 Å². The molecule has 0 spiro atoms. The Balaban J connectivity index is 1.98. The number of fused-ring (bicyclic) bond motifs is 1. The highest BCUT2D eigenvalue weighted by Crippen LogP contribution is 2.32. The lowest BCUT2D eigenvalue weighted by Gasteiger charge is -2.13. The van der Waals surface area contributed by atoms with Crippen molar-refractivity contribution in [1.29, 1.82) is 0 Å². The van der Waals surface area contributed by atoms with Gasteiger partial charge in [-0.3, -0.25) is 0 Å². The summed E-state index contributed by atoms with van der Waals surface area (Å²) < 4.78 is 36.9. The number of nitrogens with zero attached hydrogens (tertiary/aromatic N) is 3. The Morgan fingerprint density at radius 2 is 2.04 bits per heavy atom. The molecule has 0 aliphatic heterocycles. The van der Waals surface area contributed by atoms with Crippen LogP contribution in [0.1, 0.15) is 12.5 Å². The average Bonchev–Trinajstić information content (AvgIpc) is 2.98. The van der Waals surface area contributed by atoms with Gasteiger partial charge in [-0.1, -0.05) is 18.2 Å². The maximum absolute atomic E-state index is 12.7. The van der Waals surface area contributed by atoms with Crippen molar-refractivity contribution < 1.29 is 18.3 Å². The summed E-state index contributed by atoms with van der Waals surface area (Å²) in [4.78, 5) is 4.22. The van der Waals surface area contributed by atoms with Gasteiger partial charge in [0.25, 0.3) is 0 Å². The second-order valence-corrected chi connectivity index (χ2v) is 4.81. The topological polar surface area (TPSA) is 48.6 Å². The highest BCUT2D eigenvalue weighted by molar-refractivity contribution is 5.85. The molecule has 0 N–H and O–H groups in total. The molecule has 0 aliphatic carbocycles. The number of para-hydroxylation sites is 3. The standard InChI is InChI=1S/C17H15F2N3O2/c1-2-23-15-9-5-6-12(16(15)24-17(18)19)10-21-22-11-20-13-7-3-4-8-14(13)22/h3-11,17H,2H2,1H3/b21-10-. The molecular formula is C17H15F2N3O2. The Labute approximate surface area is 137 Å². The molecule has 0 bridgehead atoms. The van der Waals surface area contributed by atoms with Crippen LogP contribution in [-0.4, -0.2) is 29.1 Å². The predicted molar refractivity (Wildman–Crippen MR) is 87.0 cm³/mol. The van der Waals surface area contributed by atoms with Gasteiger partial charge in [-0.05, 0) is 31.2 Å². The van der Waals surface area contributed by atoms with Gasteiger partial charge in [0.1, 0.15) is 6.33 Å². The van der Waals surface area contributed by atoms with Gasteiger partial charge in [0.2, 0.25) is 0 Å². The molecule has 1 aromatic heterocycles. The van der Waals surface area contributed by atoms with Crippen molar-refractivity contribution in [1.82, 2.24) is 9.66 Å². The maximum Gasteiger partial charge on any atom is 0.387 e. The maximum atomic E-state index is 12.7. The molecule has 0 saturated carbocycles. The lowest BCUT2D eigenvalue weighted by molar-refractivity contribution is -0.0515. The van der Waals surface area contributed by atoms with Crippen LogP contribution in [0.5, 0.6) is 11.5 Å². The first-order chi connectivity index (χ1) is 11.7. The van der Waals surface area contributed by atoms with E-state index in [2.05, 4.69) is 14.8 Å². The van der Waals surface area contributed by atoms with Gasteiger partial charge >= 0.3 is 6.61 Å². The van der Waals surface area contributed by atoms with Crippen LogP contribution < -0.4 is 9.47 Å². The number of halogens is 2. The molecule has 0 radical (unpaired) electrons. The minimum atomic E-state index is -2.95. The van der Waals surface area contributed by atoms with Crippen LogP contribution in [0.4, 0.5) is 8.78 Å². The number of ether oxygens (including phenoxy) is 2. The van der Waals surface area contributed by atoms with E-state index in [0.717, 1.165) is 11.0 Å². The summed E-state index contributed by atoms with van der Waals surface area (Å²) in [6.45, 7) is -0.843. The third kappa shape index (κ3) is 3.34. The number of alkyl halides is 2. The highest BCUT2D eigenvalue weighted by atomic mass is 19.3. The second kappa shape index (κ2) is 7.08. The Morgan fingerprint density at radius 3 is 2.83 bits per heavy atom. The smallest absolute Gasteiger partial charge is 0.387 e. The van der Waals surface area contributed by atoms with Crippen molar-refractivity contribution in [2.45, 2.75) is 13.5 Å². The first-order valence-electron chi connectivity index (χ1n) is 7.36. The fraction of sp³-hybridized carbons (Fsp3) is 0.176. The van der Waals surface area contributed by atoms with Gasteiger partial charge < -0.3 is 9.47 Å². The van der Waals surface area contributed by atoms with Crippen LogP contribution in [0.3, 0.4) is 0 Å². The molecule has 0 fully saturated rings. The van der Waals surface area contributed by atoms with Gasteiger partial charge in [-0.2, -0.15) is 13.9 Å². The summed E-state index contributed by atoms with van der Waals surface area (Å²) in [6.07, 6.45) is 3.00. The molecule has 124 valence electrons. The van der Waals surface area contributed by atoms with E-state index in [9.17, 15) is 8.78 Å². The third-order valence-corrected chi connectivity index (χ3v) is 3.27. The zero-order valence-electron chi connectivity index (χ0n) is 12.9. The number of aromatic nitrogens is 2. The fourth-order valence-electron chi connectivity index (χ4n) is 2.28. The SMILES string of the molecule is CCOc1cccc(/C=N\n2cnc3ccccc32)c1OC(F)F. The van der Waals surface area contributed by atoms with Gasteiger partial charge in [0, 0.05) is 5.56 Å². The van der Waals surface area contributed by atoms with Crippen molar-refractivity contribution >= 4 is 17.2 Å². The number of benzene rings is 2. The van der Waals surface area contributed by atoms with Crippen LogP contribution in [0, 0.1) is 0 Å². The number of imidazole rings is 1. The van der Waals surface area contributed by atoms with E-state index in [1.807, 2.05) is 24.3 Å². The quantitative estimate of drug-likeness (QED) is 0.643. The zero-order chi connectivity index (χ0) is 16.9. The molecule has 0 atom stereocenters. The van der Waals surface area contributed by atoms with E-state index in [0.29, 0.717) is 12.2 Å². The van der Waals surface area contributed by atoms with Crippen LogP contribution in [-0.2, 0) is 0 Å². The minimum absolute atomic E-state index is 0.0393. The summed E-state index contributed by atoms with van der Waals surface area (Å²) >= 11 is 0. The Bertz CT molecular complexity index is 862. The van der Waals surface area contributed by atoms with Gasteiger partial charge in [-0.15, -0.1) is 0 Å². The van der Waals surface area contributed by atoms with Crippen LogP contribution in [0.15, 0.2) is 53.9 Å². The summed E-state index contributed by atoms with van der Waals surface area (Å²) in [7, 11) is 0. The molecule has 0 saturated heterocycles. The van der Waals surface area contributed by atoms with E-state index < -0.39 is 6.61 Å². The number of hydrogen-bond donors (Lipinski definition) is 0. The normalized spacial score (nSPS) is 11.5. The zero-order valence-corrected chi connectivity index (χ0v) is 12.9. The molecule has 0 aliphatic rings. The highest BCUT2D eigenvalue weighted by Gasteiger charge is 2.14. The predicted octanol–water partition coefficient (Wildman–Crippen LogP) is 3.92. The van der Waals surface area contributed by atoms with Gasteiger partial charge in [0.05, 0.1) is 23.9 Å². The summed E-state index contributed by atoms with van der Waals surface area (Å²) in [5.41, 5.74) is 1.99. The lowest BCUT2D eigenvalue weighted by atomic mass is 10.2. The van der Waals surface area contributed by atoms with Crippen LogP contribution in [0.25, 0.3) is 11.0 Å². The Kier molecular flexibility index (Phi) is 4.69. The molecular weight excluding hydrogens is 316 g/mol.